The number of carbonyl (C=O) groups is 3. The molecule has 0 unspecified atom stereocenters. The minimum absolute atomic E-state index is 0.0793. The normalized spacial score (nSPS) is 13.1. The van der Waals surface area contributed by atoms with E-state index in [4.69, 9.17) is 10.00 Å². The van der Waals surface area contributed by atoms with Crippen LogP contribution in [0.15, 0.2) is 66.7 Å². The Morgan fingerprint density at radius 3 is 2.08 bits per heavy atom. The first-order valence-corrected chi connectivity index (χ1v) is 11.5. The Labute approximate surface area is 209 Å². The number of nitrogens with zero attached hydrogens (tertiary/aromatic N) is 2. The summed E-state index contributed by atoms with van der Waals surface area (Å²) >= 11 is 0. The number of fused-ring (bicyclic) bond motifs is 1. The molecule has 0 bridgehead atoms. The number of hydrogen-bond donors (Lipinski definition) is 2. The molecule has 3 amide bonds. The number of nitriles is 1. The molecule has 8 heteroatoms. The van der Waals surface area contributed by atoms with Gasteiger partial charge in [0.15, 0.2) is 0 Å². The molecule has 1 heterocycles. The number of anilines is 2. The number of nitrogens with one attached hydrogen (secondary N) is 2. The Bertz CT molecular complexity index is 1340. The van der Waals surface area contributed by atoms with Crippen molar-refractivity contribution in [1.29, 1.82) is 5.26 Å². The van der Waals surface area contributed by atoms with Gasteiger partial charge < -0.3 is 20.3 Å². The van der Waals surface area contributed by atoms with E-state index in [1.165, 1.54) is 7.11 Å². The zero-order valence-corrected chi connectivity index (χ0v) is 20.2. The molecule has 0 spiro atoms. The molecule has 3 aromatic rings. The first-order chi connectivity index (χ1) is 17.3. The van der Waals surface area contributed by atoms with Crippen molar-refractivity contribution in [2.45, 2.75) is 26.4 Å². The second-order valence-electron chi connectivity index (χ2n) is 8.86. The lowest BCUT2D eigenvalue weighted by Gasteiger charge is -2.28. The van der Waals surface area contributed by atoms with E-state index in [-0.39, 0.29) is 11.8 Å². The van der Waals surface area contributed by atoms with E-state index in [0.717, 1.165) is 16.7 Å². The molecule has 1 atom stereocenters. The van der Waals surface area contributed by atoms with Gasteiger partial charge in [-0.1, -0.05) is 38.1 Å². The summed E-state index contributed by atoms with van der Waals surface area (Å²) in [6.45, 7) is 4.15. The highest BCUT2D eigenvalue weighted by atomic mass is 16.5. The summed E-state index contributed by atoms with van der Waals surface area (Å²) in [5.41, 5.74) is 4.88. The van der Waals surface area contributed by atoms with Crippen LogP contribution < -0.4 is 10.6 Å². The predicted molar refractivity (Wildman–Crippen MR) is 136 cm³/mol. The standard InChI is InChI=1S/C28H26N4O4/c1-17(2)25(27(34)36-3)32-16-21-7-6-20(14-24(21)26(32)33)19-8-12-23(13-9-19)31-28(35)30-22-10-4-18(15-29)5-11-22/h4-14,17,25H,16H2,1-3H3,(H2,30,31,35)/t25-/m0/s1. The number of rotatable bonds is 6. The molecule has 8 nitrogen and oxygen atoms in total. The zero-order valence-electron chi connectivity index (χ0n) is 20.2. The van der Waals surface area contributed by atoms with Gasteiger partial charge in [0.2, 0.25) is 0 Å². The van der Waals surface area contributed by atoms with Crippen LogP contribution in [0.25, 0.3) is 11.1 Å². The molecule has 3 aromatic carbocycles. The van der Waals surface area contributed by atoms with Crippen LogP contribution in [0.5, 0.6) is 0 Å². The summed E-state index contributed by atoms with van der Waals surface area (Å²) in [5, 5.41) is 14.4. The lowest BCUT2D eigenvalue weighted by molar-refractivity contribution is -0.147. The third kappa shape index (κ3) is 5.05. The molecule has 1 aliphatic rings. The molecule has 0 aromatic heterocycles. The number of esters is 1. The Balaban J connectivity index is 1.45. The molecular formula is C28H26N4O4. The van der Waals surface area contributed by atoms with Crippen LogP contribution in [0.2, 0.25) is 0 Å². The van der Waals surface area contributed by atoms with Gasteiger partial charge in [0, 0.05) is 23.5 Å². The van der Waals surface area contributed by atoms with E-state index in [1.807, 2.05) is 50.2 Å². The van der Waals surface area contributed by atoms with Gasteiger partial charge in [-0.2, -0.15) is 5.26 Å². The molecule has 0 fully saturated rings. The Morgan fingerprint density at radius 1 is 0.944 bits per heavy atom. The van der Waals surface area contributed by atoms with E-state index in [1.54, 1.807) is 41.3 Å². The average Bonchev–Trinajstić information content (AvgIpc) is 3.19. The van der Waals surface area contributed by atoms with Crippen molar-refractivity contribution in [2.24, 2.45) is 5.92 Å². The number of carbonyl (C=O) groups excluding carboxylic acids is 3. The molecule has 182 valence electrons. The van der Waals surface area contributed by atoms with Gasteiger partial charge in [-0.05, 0) is 65.1 Å². The van der Waals surface area contributed by atoms with E-state index in [0.29, 0.717) is 29.0 Å². The predicted octanol–water partition coefficient (Wildman–Crippen LogP) is 5.02. The van der Waals surface area contributed by atoms with Gasteiger partial charge in [0.1, 0.15) is 6.04 Å². The molecule has 4 rings (SSSR count). The van der Waals surface area contributed by atoms with Crippen LogP contribution in [0.4, 0.5) is 16.2 Å². The number of benzene rings is 3. The molecule has 36 heavy (non-hydrogen) atoms. The van der Waals surface area contributed by atoms with Crippen molar-refractivity contribution in [3.63, 3.8) is 0 Å². The van der Waals surface area contributed by atoms with Gasteiger partial charge in [0.25, 0.3) is 5.91 Å². The van der Waals surface area contributed by atoms with Crippen LogP contribution in [-0.4, -0.2) is 36.0 Å². The summed E-state index contributed by atoms with van der Waals surface area (Å²) < 4.78 is 4.93. The Kier molecular flexibility index (Phi) is 7.02. The van der Waals surface area contributed by atoms with Gasteiger partial charge in [-0.15, -0.1) is 0 Å². The number of urea groups is 1. The van der Waals surface area contributed by atoms with E-state index in [2.05, 4.69) is 10.6 Å². The number of methoxy groups -OCH3 is 1. The topological polar surface area (TPSA) is 112 Å². The second kappa shape index (κ2) is 10.3. The van der Waals surface area contributed by atoms with E-state index >= 15 is 0 Å². The van der Waals surface area contributed by atoms with Crippen LogP contribution in [0, 0.1) is 17.2 Å². The van der Waals surface area contributed by atoms with Crippen LogP contribution in [0.3, 0.4) is 0 Å². The molecule has 0 saturated carbocycles. The SMILES string of the molecule is COC(=O)[C@H](C(C)C)N1Cc2ccc(-c3ccc(NC(=O)Nc4ccc(C#N)cc4)cc3)cc2C1=O. The third-order valence-corrected chi connectivity index (χ3v) is 6.10. The first kappa shape index (κ1) is 24.5. The largest absolute Gasteiger partial charge is 0.467 e. The van der Waals surface area contributed by atoms with Gasteiger partial charge in [-0.3, -0.25) is 4.79 Å². The maximum absolute atomic E-state index is 13.2. The highest BCUT2D eigenvalue weighted by Gasteiger charge is 2.38. The number of amides is 3. The molecule has 0 radical (unpaired) electrons. The van der Waals surface area contributed by atoms with Gasteiger partial charge in [0.05, 0.1) is 18.7 Å². The van der Waals surface area contributed by atoms with Crippen molar-refractivity contribution >= 4 is 29.3 Å². The number of hydrogen-bond acceptors (Lipinski definition) is 5. The molecular weight excluding hydrogens is 456 g/mol. The quantitative estimate of drug-likeness (QED) is 0.479. The van der Waals surface area contributed by atoms with E-state index < -0.39 is 18.0 Å². The van der Waals surface area contributed by atoms with Gasteiger partial charge in [-0.25, -0.2) is 9.59 Å². The summed E-state index contributed by atoms with van der Waals surface area (Å²) in [7, 11) is 1.33. The fourth-order valence-corrected chi connectivity index (χ4v) is 4.28. The van der Waals surface area contributed by atoms with Crippen molar-refractivity contribution in [3.05, 3.63) is 83.4 Å². The fraction of sp³-hybridized carbons (Fsp3) is 0.214. The summed E-state index contributed by atoms with van der Waals surface area (Å²) in [6.07, 6.45) is 0. The lowest BCUT2D eigenvalue weighted by Crippen LogP contribution is -2.45. The smallest absolute Gasteiger partial charge is 0.328 e. The van der Waals surface area contributed by atoms with Crippen LogP contribution in [-0.2, 0) is 16.1 Å². The summed E-state index contributed by atoms with van der Waals surface area (Å²) in [6, 6.07) is 20.5. The van der Waals surface area contributed by atoms with Crippen LogP contribution in [0.1, 0.15) is 35.3 Å². The van der Waals surface area contributed by atoms with Crippen molar-refractivity contribution in [3.8, 4) is 17.2 Å². The summed E-state index contributed by atoms with van der Waals surface area (Å²) in [4.78, 5) is 39.3. The highest BCUT2D eigenvalue weighted by molar-refractivity contribution is 6.02. The maximum Gasteiger partial charge on any atom is 0.328 e. The molecule has 2 N–H and O–H groups in total. The molecule has 0 saturated heterocycles. The lowest BCUT2D eigenvalue weighted by atomic mass is 10.00. The first-order valence-electron chi connectivity index (χ1n) is 11.5. The average molecular weight is 483 g/mol. The monoisotopic (exact) mass is 482 g/mol. The molecule has 1 aliphatic heterocycles. The highest BCUT2D eigenvalue weighted by Crippen LogP contribution is 2.32. The molecule has 0 aliphatic carbocycles. The van der Waals surface area contributed by atoms with Crippen molar-refractivity contribution < 1.29 is 19.1 Å². The van der Waals surface area contributed by atoms with Crippen molar-refractivity contribution in [1.82, 2.24) is 4.90 Å². The van der Waals surface area contributed by atoms with Crippen molar-refractivity contribution in [2.75, 3.05) is 17.7 Å². The zero-order chi connectivity index (χ0) is 25.8. The van der Waals surface area contributed by atoms with E-state index in [9.17, 15) is 14.4 Å². The van der Waals surface area contributed by atoms with Gasteiger partial charge >= 0.3 is 12.0 Å². The second-order valence-corrected chi connectivity index (χ2v) is 8.86. The third-order valence-electron chi connectivity index (χ3n) is 6.10. The minimum Gasteiger partial charge on any atom is -0.467 e. The Morgan fingerprint density at radius 2 is 1.53 bits per heavy atom. The summed E-state index contributed by atoms with van der Waals surface area (Å²) in [5.74, 6) is -0.685. The van der Waals surface area contributed by atoms with Crippen LogP contribution >= 0.6 is 0 Å². The number of ether oxygens (including phenoxy) is 1. The maximum atomic E-state index is 13.2. The fourth-order valence-electron chi connectivity index (χ4n) is 4.28. The minimum atomic E-state index is -0.640. The Hall–Kier alpha value is -4.64.